The first-order valence-electron chi connectivity index (χ1n) is 22.9. The van der Waals surface area contributed by atoms with Crippen molar-refractivity contribution in [2.45, 2.75) is 155 Å². The Morgan fingerprint density at radius 3 is 1.60 bits per heavy atom. The Morgan fingerprint density at radius 2 is 1.19 bits per heavy atom. The predicted octanol–water partition coefficient (Wildman–Crippen LogP) is 17.3. The van der Waals surface area contributed by atoms with E-state index in [1.54, 1.807) is 28.2 Å². The van der Waals surface area contributed by atoms with Crippen molar-refractivity contribution in [3.63, 3.8) is 0 Å². The van der Waals surface area contributed by atoms with E-state index in [0.717, 1.165) is 6.42 Å². The molecule has 0 nitrogen and oxygen atoms in total. The van der Waals surface area contributed by atoms with Gasteiger partial charge in [0.25, 0.3) is 0 Å². The Bertz CT molecular complexity index is 2070. The monoisotopic (exact) mass is 962 g/mol. The van der Waals surface area contributed by atoms with Gasteiger partial charge in [-0.05, 0) is 51.4 Å². The van der Waals surface area contributed by atoms with Gasteiger partial charge in [-0.15, -0.1) is 31.7 Å². The Hall–Kier alpha value is -2.44. The fourth-order valence-corrected chi connectivity index (χ4v) is 10.4. The SMILES string of the molecule is CC(C)(C)c1cc[c-]cc1.CC(C)(C)c1cc[c-]cc1.CC1[C-]=CC(C(C)(C)C)=C1.C[C-]1C2=C3Cc4ccccc4C3=C3C=CCCC3C2(C)C(C)(C)C(C)(C)C1(C)C.Cl.Cl.[CH2]=[Zr]. The van der Waals surface area contributed by atoms with E-state index in [9.17, 15) is 0 Å². The van der Waals surface area contributed by atoms with Crippen molar-refractivity contribution in [1.29, 1.82) is 0 Å². The summed E-state index contributed by atoms with van der Waals surface area (Å²) in [4.78, 5) is 0. The molecule has 1 fully saturated rings. The Balaban J connectivity index is 0.000000331. The van der Waals surface area contributed by atoms with E-state index in [0.29, 0.717) is 17.3 Å². The van der Waals surface area contributed by atoms with Crippen LogP contribution in [-0.2, 0) is 41.5 Å². The minimum absolute atomic E-state index is 0. The molecule has 63 heavy (non-hydrogen) atoms. The summed E-state index contributed by atoms with van der Waals surface area (Å²) in [5, 5.41) is 0. The van der Waals surface area contributed by atoms with Crippen LogP contribution in [0, 0.1) is 63.0 Å². The van der Waals surface area contributed by atoms with E-state index in [1.807, 2.05) is 24.3 Å². The molecule has 1 saturated carbocycles. The summed E-state index contributed by atoms with van der Waals surface area (Å²) >= 11 is 1.30. The van der Waals surface area contributed by atoms with E-state index in [1.165, 1.54) is 64.9 Å². The van der Waals surface area contributed by atoms with E-state index < -0.39 is 0 Å². The van der Waals surface area contributed by atoms with Crippen LogP contribution in [0.5, 0.6) is 0 Å². The third-order valence-electron chi connectivity index (χ3n) is 15.8. The molecule has 3 aromatic rings. The van der Waals surface area contributed by atoms with Crippen molar-refractivity contribution in [2.24, 2.45) is 38.9 Å². The fourth-order valence-electron chi connectivity index (χ4n) is 10.4. The molecule has 0 N–H and O–H groups in total. The van der Waals surface area contributed by atoms with Crippen LogP contribution in [0.4, 0.5) is 0 Å². The molecule has 0 heterocycles. The average Bonchev–Trinajstić information content (AvgIpc) is 3.83. The number of hydrogen-bond acceptors (Lipinski definition) is 0. The summed E-state index contributed by atoms with van der Waals surface area (Å²) in [7, 11) is 0. The van der Waals surface area contributed by atoms with Gasteiger partial charge in [0, 0.05) is 0 Å². The summed E-state index contributed by atoms with van der Waals surface area (Å²) in [6.45, 7) is 42.4. The second kappa shape index (κ2) is 21.5. The number of rotatable bonds is 0. The van der Waals surface area contributed by atoms with Crippen LogP contribution in [-0.4, -0.2) is 4.21 Å². The van der Waals surface area contributed by atoms with Crippen LogP contribution in [0.3, 0.4) is 0 Å². The zero-order valence-corrected chi connectivity index (χ0v) is 46.6. The molecule has 0 spiro atoms. The van der Waals surface area contributed by atoms with Crippen molar-refractivity contribution >= 4 is 34.6 Å². The van der Waals surface area contributed by atoms with E-state index in [4.69, 9.17) is 0 Å². The molecule has 3 unspecified atom stereocenters. The zero-order valence-electron chi connectivity index (χ0n) is 42.5. The van der Waals surface area contributed by atoms with Crippen LogP contribution in [0.15, 0.2) is 119 Å². The van der Waals surface area contributed by atoms with E-state index >= 15 is 0 Å². The van der Waals surface area contributed by atoms with Crippen molar-refractivity contribution in [3.8, 4) is 0 Å². The number of benzene rings is 3. The maximum atomic E-state index is 3.34. The number of hydrogen-bond donors (Lipinski definition) is 0. The molecule has 8 rings (SSSR count). The summed E-state index contributed by atoms with van der Waals surface area (Å²) in [6.07, 6.45) is 16.2. The van der Waals surface area contributed by atoms with Gasteiger partial charge in [-0.3, -0.25) is 6.08 Å². The normalized spacial score (nSPS) is 23.0. The molecular formula is C60H82Cl2Zr-4. The van der Waals surface area contributed by atoms with Crippen LogP contribution < -0.4 is 0 Å². The predicted molar refractivity (Wildman–Crippen MR) is 278 cm³/mol. The molecular weight excluding hydrogens is 883 g/mol. The van der Waals surface area contributed by atoms with Crippen LogP contribution in [0.2, 0.25) is 0 Å². The molecule has 0 aromatic heterocycles. The van der Waals surface area contributed by atoms with Gasteiger partial charge in [-0.1, -0.05) is 194 Å². The van der Waals surface area contributed by atoms with E-state index in [-0.39, 0.29) is 57.3 Å². The topological polar surface area (TPSA) is 0 Å². The molecule has 3 heteroatoms. The minimum atomic E-state index is 0. The van der Waals surface area contributed by atoms with Crippen LogP contribution in [0.25, 0.3) is 5.57 Å². The number of halogens is 2. The van der Waals surface area contributed by atoms with Gasteiger partial charge in [0.2, 0.25) is 0 Å². The van der Waals surface area contributed by atoms with Gasteiger partial charge in [0.1, 0.15) is 0 Å². The van der Waals surface area contributed by atoms with Crippen molar-refractivity contribution in [2.75, 3.05) is 0 Å². The van der Waals surface area contributed by atoms with Gasteiger partial charge in [0.05, 0.1) is 0 Å². The van der Waals surface area contributed by atoms with E-state index in [2.05, 4.69) is 220 Å². The quantitative estimate of drug-likeness (QED) is 0.197. The number of fused-ring (bicyclic) bond motifs is 6. The molecule has 5 aliphatic rings. The first-order chi connectivity index (χ1) is 28.2. The Morgan fingerprint density at radius 1 is 0.698 bits per heavy atom. The van der Waals surface area contributed by atoms with Gasteiger partial charge in [-0.2, -0.15) is 94.6 Å². The second-order valence-electron chi connectivity index (χ2n) is 22.8. The summed E-state index contributed by atoms with van der Waals surface area (Å²) in [5.74, 6) is 2.76. The molecule has 3 aromatic carbocycles. The van der Waals surface area contributed by atoms with Gasteiger partial charge in [-0.25, -0.2) is 12.0 Å². The summed E-state index contributed by atoms with van der Waals surface area (Å²) in [5.41, 5.74) is 15.3. The molecule has 0 radical (unpaired) electrons. The molecule has 0 bridgehead atoms. The summed E-state index contributed by atoms with van der Waals surface area (Å²) < 4.78 is 3.34. The van der Waals surface area contributed by atoms with Gasteiger partial charge >= 0.3 is 28.4 Å². The standard InChI is InChI=1S/C29H37.C10H15.2C10H13.CH2.2ClH.Zr/c1-18-25-22-17-19-13-9-10-14-20(19)24(22)21-15-11-12-16-23(21)29(25,8)28(6,7)27(4,5)26(18,2)3;1-8-5-6-9(7-8)10(2,3)4;2*1-10(2,3)9-7-5-4-6-8-9;;;;/h9-11,13-15,23H,12,16-17H2,1-8H3;6-8H,1-4H3;2*5-8H,1-3H3;1H2;2*1H;/q4*-1;;;;. The van der Waals surface area contributed by atoms with Gasteiger partial charge in [0.15, 0.2) is 0 Å². The third kappa shape index (κ3) is 11.4. The first-order valence-corrected chi connectivity index (χ1v) is 24.6. The van der Waals surface area contributed by atoms with Crippen molar-refractivity contribution < 1.29 is 24.2 Å². The van der Waals surface area contributed by atoms with Crippen molar-refractivity contribution in [1.82, 2.24) is 0 Å². The number of allylic oxidation sites excluding steroid dienone is 10. The van der Waals surface area contributed by atoms with Gasteiger partial charge < -0.3 is 0 Å². The summed E-state index contributed by atoms with van der Waals surface area (Å²) in [6, 6.07) is 31.5. The molecule has 344 valence electrons. The fraction of sp³-hybridized carbons (Fsp3) is 0.500. The van der Waals surface area contributed by atoms with Crippen molar-refractivity contribution in [3.05, 3.63) is 166 Å². The molecule has 3 atom stereocenters. The molecule has 0 aliphatic heterocycles. The Labute approximate surface area is 415 Å². The molecule has 0 amide bonds. The maximum absolute atomic E-state index is 3.34. The zero-order chi connectivity index (χ0) is 46.0. The third-order valence-corrected chi connectivity index (χ3v) is 15.8. The Kier molecular flexibility index (Phi) is 19.3. The molecule has 0 saturated heterocycles. The van der Waals surface area contributed by atoms with Crippen LogP contribution >= 0.6 is 24.8 Å². The van der Waals surface area contributed by atoms with Crippen LogP contribution in [0.1, 0.15) is 160 Å². The second-order valence-corrected chi connectivity index (χ2v) is 22.8. The molecule has 5 aliphatic carbocycles. The average molecular weight is 965 g/mol. The first kappa shape index (κ1) is 56.7.